The lowest BCUT2D eigenvalue weighted by atomic mass is 10.2. The third-order valence-corrected chi connectivity index (χ3v) is 4.62. The predicted octanol–water partition coefficient (Wildman–Crippen LogP) is 5.24. The van der Waals surface area contributed by atoms with Crippen molar-refractivity contribution in [2.75, 3.05) is 11.9 Å². The molecule has 0 saturated carbocycles. The van der Waals surface area contributed by atoms with Crippen LogP contribution in [0, 0.1) is 6.92 Å². The van der Waals surface area contributed by atoms with Gasteiger partial charge in [-0.25, -0.2) is 10.2 Å². The monoisotopic (exact) mass is 465 g/mol. The average Bonchev–Trinajstić information content (AvgIpc) is 2.57. The molecule has 0 aliphatic heterocycles. The highest BCUT2D eigenvalue weighted by atomic mass is 79.9. The number of rotatable bonds is 6. The van der Waals surface area contributed by atoms with Crippen LogP contribution in [-0.4, -0.2) is 18.9 Å². The molecule has 2 aromatic carbocycles. The molecule has 0 bridgehead atoms. The number of ether oxygens (including phenoxy) is 1. The van der Waals surface area contributed by atoms with Crippen LogP contribution in [0.5, 0.6) is 5.75 Å². The molecule has 0 radical (unpaired) electrons. The van der Waals surface area contributed by atoms with E-state index in [2.05, 4.69) is 54.3 Å². The zero-order chi connectivity index (χ0) is 18.2. The minimum absolute atomic E-state index is 0.414. The fourth-order valence-corrected chi connectivity index (χ4v) is 2.67. The van der Waals surface area contributed by atoms with E-state index in [1.54, 1.807) is 18.4 Å². The standard InChI is InChI=1S/C18H17Br2N3O2/c1-3-8-25-17-7-4-13(10-16(17)20)11-21-23-18(24)22-14-5-6-15(19)12(2)9-14/h3-7,9-11H,1,8H2,2H3,(H2,22,23,24)/b21-11+. The van der Waals surface area contributed by atoms with Gasteiger partial charge in [0.15, 0.2) is 0 Å². The van der Waals surface area contributed by atoms with E-state index in [0.29, 0.717) is 18.0 Å². The van der Waals surface area contributed by atoms with E-state index in [-0.39, 0.29) is 0 Å². The van der Waals surface area contributed by atoms with Crippen LogP contribution in [0.25, 0.3) is 0 Å². The Hall–Kier alpha value is -2.12. The zero-order valence-electron chi connectivity index (χ0n) is 13.6. The predicted molar refractivity (Wildman–Crippen MR) is 108 cm³/mol. The number of hydrogen-bond acceptors (Lipinski definition) is 3. The van der Waals surface area contributed by atoms with Crippen molar-refractivity contribution in [1.29, 1.82) is 0 Å². The van der Waals surface area contributed by atoms with Crippen molar-refractivity contribution in [2.45, 2.75) is 6.92 Å². The number of benzene rings is 2. The van der Waals surface area contributed by atoms with Gasteiger partial charge in [-0.3, -0.25) is 0 Å². The molecule has 0 unspecified atom stereocenters. The largest absolute Gasteiger partial charge is 0.488 e. The molecule has 25 heavy (non-hydrogen) atoms. The Morgan fingerprint density at radius 3 is 2.72 bits per heavy atom. The summed E-state index contributed by atoms with van der Waals surface area (Å²) < 4.78 is 7.26. The Balaban J connectivity index is 1.91. The molecule has 0 heterocycles. The summed E-state index contributed by atoms with van der Waals surface area (Å²) in [6.45, 7) is 5.99. The van der Waals surface area contributed by atoms with E-state index in [1.165, 1.54) is 0 Å². The van der Waals surface area contributed by atoms with E-state index in [0.717, 1.165) is 20.1 Å². The molecule has 2 aromatic rings. The highest BCUT2D eigenvalue weighted by Crippen LogP contribution is 2.25. The first kappa shape index (κ1) is 19.2. The Bertz CT molecular complexity index is 807. The molecule has 2 N–H and O–H groups in total. The van der Waals surface area contributed by atoms with Crippen molar-refractivity contribution in [3.63, 3.8) is 0 Å². The number of amides is 2. The summed E-state index contributed by atoms with van der Waals surface area (Å²) in [4.78, 5) is 11.9. The van der Waals surface area contributed by atoms with Gasteiger partial charge in [-0.1, -0.05) is 28.6 Å². The second kappa shape index (κ2) is 9.39. The molecule has 0 saturated heterocycles. The van der Waals surface area contributed by atoms with Gasteiger partial charge in [0, 0.05) is 10.2 Å². The zero-order valence-corrected chi connectivity index (χ0v) is 16.7. The second-order valence-electron chi connectivity index (χ2n) is 5.08. The first-order valence-corrected chi connectivity index (χ1v) is 8.97. The minimum Gasteiger partial charge on any atom is -0.488 e. The molecule has 0 spiro atoms. The average molecular weight is 467 g/mol. The quantitative estimate of drug-likeness (QED) is 0.347. The summed E-state index contributed by atoms with van der Waals surface area (Å²) in [5, 5.41) is 6.65. The van der Waals surface area contributed by atoms with Crippen LogP contribution in [0.3, 0.4) is 0 Å². The number of nitrogens with one attached hydrogen (secondary N) is 2. The Morgan fingerprint density at radius 2 is 2.04 bits per heavy atom. The summed E-state index contributed by atoms with van der Waals surface area (Å²) in [7, 11) is 0. The lowest BCUT2D eigenvalue weighted by molar-refractivity contribution is 0.252. The lowest BCUT2D eigenvalue weighted by Gasteiger charge is -2.07. The summed E-state index contributed by atoms with van der Waals surface area (Å²) in [6, 6.07) is 10.6. The Kier molecular flexibility index (Phi) is 7.21. The SMILES string of the molecule is C=CCOc1ccc(/C=N/NC(=O)Nc2ccc(Br)c(C)c2)cc1Br. The van der Waals surface area contributed by atoms with Crippen molar-refractivity contribution in [3.8, 4) is 5.75 Å². The Labute approximate surface area is 163 Å². The molecular formula is C18H17Br2N3O2. The number of halogens is 2. The third-order valence-electron chi connectivity index (χ3n) is 3.11. The van der Waals surface area contributed by atoms with Crippen molar-refractivity contribution < 1.29 is 9.53 Å². The molecular weight excluding hydrogens is 450 g/mol. The molecule has 0 aliphatic carbocycles. The topological polar surface area (TPSA) is 62.7 Å². The number of anilines is 1. The normalized spacial score (nSPS) is 10.5. The van der Waals surface area contributed by atoms with Crippen molar-refractivity contribution in [3.05, 3.63) is 69.1 Å². The maximum Gasteiger partial charge on any atom is 0.339 e. The van der Waals surface area contributed by atoms with E-state index < -0.39 is 6.03 Å². The highest BCUT2D eigenvalue weighted by Gasteiger charge is 2.03. The van der Waals surface area contributed by atoms with E-state index in [4.69, 9.17) is 4.74 Å². The molecule has 5 nitrogen and oxygen atoms in total. The third kappa shape index (κ3) is 6.03. The summed E-state index contributed by atoms with van der Waals surface area (Å²) in [6.07, 6.45) is 3.23. The van der Waals surface area contributed by atoms with Crippen LogP contribution in [0.4, 0.5) is 10.5 Å². The smallest absolute Gasteiger partial charge is 0.339 e. The fourth-order valence-electron chi connectivity index (χ4n) is 1.91. The highest BCUT2D eigenvalue weighted by molar-refractivity contribution is 9.10. The van der Waals surface area contributed by atoms with Crippen LogP contribution in [0.15, 0.2) is 63.1 Å². The van der Waals surface area contributed by atoms with Gasteiger partial charge >= 0.3 is 6.03 Å². The number of carbonyl (C=O) groups is 1. The molecule has 2 rings (SSSR count). The Morgan fingerprint density at radius 1 is 1.24 bits per heavy atom. The molecule has 2 amide bonds. The fraction of sp³-hybridized carbons (Fsp3) is 0.111. The van der Waals surface area contributed by atoms with Crippen LogP contribution < -0.4 is 15.5 Å². The molecule has 0 fully saturated rings. The van der Waals surface area contributed by atoms with Gasteiger partial charge in [0.05, 0.1) is 10.7 Å². The van der Waals surface area contributed by atoms with E-state index >= 15 is 0 Å². The van der Waals surface area contributed by atoms with Crippen LogP contribution in [-0.2, 0) is 0 Å². The number of carbonyl (C=O) groups excluding carboxylic acids is 1. The number of hydrogen-bond donors (Lipinski definition) is 2. The van der Waals surface area contributed by atoms with Crippen LogP contribution in [0.1, 0.15) is 11.1 Å². The van der Waals surface area contributed by atoms with Crippen LogP contribution >= 0.6 is 31.9 Å². The lowest BCUT2D eigenvalue weighted by Crippen LogP contribution is -2.24. The first-order valence-electron chi connectivity index (χ1n) is 7.39. The minimum atomic E-state index is -0.414. The first-order chi connectivity index (χ1) is 12.0. The summed E-state index contributed by atoms with van der Waals surface area (Å²) >= 11 is 6.85. The van der Waals surface area contributed by atoms with Crippen molar-refractivity contribution in [2.24, 2.45) is 5.10 Å². The van der Waals surface area contributed by atoms with Gasteiger partial charge in [-0.15, -0.1) is 0 Å². The molecule has 7 heteroatoms. The van der Waals surface area contributed by atoms with Crippen molar-refractivity contribution in [1.82, 2.24) is 5.43 Å². The van der Waals surface area contributed by atoms with Gasteiger partial charge in [-0.2, -0.15) is 5.10 Å². The van der Waals surface area contributed by atoms with Crippen LogP contribution in [0.2, 0.25) is 0 Å². The van der Waals surface area contributed by atoms with Gasteiger partial charge in [0.2, 0.25) is 0 Å². The molecule has 0 aliphatic rings. The number of aryl methyl sites for hydroxylation is 1. The van der Waals surface area contributed by atoms with E-state index in [9.17, 15) is 4.79 Å². The van der Waals surface area contributed by atoms with Gasteiger partial charge < -0.3 is 10.1 Å². The number of urea groups is 1. The molecule has 130 valence electrons. The number of nitrogens with zero attached hydrogens (tertiary/aromatic N) is 1. The maximum absolute atomic E-state index is 11.9. The van der Waals surface area contributed by atoms with Gasteiger partial charge in [0.25, 0.3) is 0 Å². The molecule has 0 aromatic heterocycles. The molecule has 0 atom stereocenters. The van der Waals surface area contributed by atoms with Gasteiger partial charge in [0.1, 0.15) is 12.4 Å². The summed E-state index contributed by atoms with van der Waals surface area (Å²) in [5.41, 5.74) is 4.97. The number of hydrazone groups is 1. The maximum atomic E-state index is 11.9. The summed E-state index contributed by atoms with van der Waals surface area (Å²) in [5.74, 6) is 0.716. The second-order valence-corrected chi connectivity index (χ2v) is 6.79. The van der Waals surface area contributed by atoms with Crippen molar-refractivity contribution >= 4 is 49.8 Å². The van der Waals surface area contributed by atoms with Gasteiger partial charge in [-0.05, 0) is 70.4 Å². The van der Waals surface area contributed by atoms with E-state index in [1.807, 2.05) is 37.3 Å².